The van der Waals surface area contributed by atoms with Crippen molar-refractivity contribution in [2.24, 2.45) is 0 Å². The lowest BCUT2D eigenvalue weighted by Crippen LogP contribution is -2.09. The first-order valence-corrected chi connectivity index (χ1v) is 16.3. The maximum atomic E-state index is 6.69. The number of nitrogens with zero attached hydrogens (tertiary/aromatic N) is 1. The van der Waals surface area contributed by atoms with E-state index in [0.29, 0.717) is 0 Å². The fourth-order valence-corrected chi connectivity index (χ4v) is 6.90. The molecule has 48 heavy (non-hydrogen) atoms. The van der Waals surface area contributed by atoms with Crippen LogP contribution in [-0.2, 0) is 0 Å². The molecule has 2 nitrogen and oxygen atoms in total. The van der Waals surface area contributed by atoms with E-state index in [1.165, 1.54) is 21.9 Å². The maximum Gasteiger partial charge on any atom is 0.143 e. The Hall–Kier alpha value is -6.38. The normalized spacial score (nSPS) is 11.3. The number of furan rings is 1. The molecule has 1 heterocycles. The number of rotatable bonds is 6. The predicted molar refractivity (Wildman–Crippen MR) is 202 cm³/mol. The number of para-hydroxylation sites is 2. The van der Waals surface area contributed by atoms with Gasteiger partial charge in [-0.05, 0) is 93.2 Å². The molecule has 0 atom stereocenters. The Kier molecular flexibility index (Phi) is 6.84. The molecule has 8 aromatic carbocycles. The highest BCUT2D eigenvalue weighted by Gasteiger charge is 2.17. The highest BCUT2D eigenvalue weighted by molar-refractivity contribution is 6.18. The second-order valence-electron chi connectivity index (χ2n) is 12.2. The molecule has 9 rings (SSSR count). The lowest BCUT2D eigenvalue weighted by Gasteiger charge is -2.25. The SMILES string of the molecule is c1ccc(-c2c3ccccc3cc3c2oc2cc(-c4ccc(-c5ccc(N(c6ccccc6)c6ccccc6)cc5)cc4)ccc23)cc1. The van der Waals surface area contributed by atoms with Gasteiger partial charge in [-0.3, -0.25) is 0 Å². The van der Waals surface area contributed by atoms with Gasteiger partial charge < -0.3 is 9.32 Å². The molecule has 0 bridgehead atoms. The van der Waals surface area contributed by atoms with Gasteiger partial charge in [-0.25, -0.2) is 0 Å². The summed E-state index contributed by atoms with van der Waals surface area (Å²) in [5.74, 6) is 0. The second kappa shape index (κ2) is 11.8. The third-order valence-electron chi connectivity index (χ3n) is 9.25. The van der Waals surface area contributed by atoms with E-state index in [1.54, 1.807) is 0 Å². The van der Waals surface area contributed by atoms with Gasteiger partial charge in [-0.1, -0.05) is 133 Å². The Morgan fingerprint density at radius 3 is 1.48 bits per heavy atom. The van der Waals surface area contributed by atoms with Gasteiger partial charge >= 0.3 is 0 Å². The summed E-state index contributed by atoms with van der Waals surface area (Å²) < 4.78 is 6.69. The van der Waals surface area contributed by atoms with E-state index in [2.05, 4.69) is 193 Å². The van der Waals surface area contributed by atoms with Crippen molar-refractivity contribution < 1.29 is 4.42 Å². The summed E-state index contributed by atoms with van der Waals surface area (Å²) in [5.41, 5.74) is 12.2. The smallest absolute Gasteiger partial charge is 0.143 e. The van der Waals surface area contributed by atoms with Gasteiger partial charge in [0.05, 0.1) is 0 Å². The van der Waals surface area contributed by atoms with Crippen LogP contribution in [0.4, 0.5) is 17.1 Å². The van der Waals surface area contributed by atoms with Crippen LogP contribution in [-0.4, -0.2) is 0 Å². The Labute approximate surface area is 279 Å². The van der Waals surface area contributed by atoms with E-state index < -0.39 is 0 Å². The molecule has 0 radical (unpaired) electrons. The van der Waals surface area contributed by atoms with E-state index in [9.17, 15) is 0 Å². The minimum Gasteiger partial charge on any atom is -0.455 e. The Morgan fingerprint density at radius 1 is 0.333 bits per heavy atom. The minimum atomic E-state index is 0.899. The molecule has 0 amide bonds. The molecule has 0 saturated carbocycles. The van der Waals surface area contributed by atoms with Crippen molar-refractivity contribution in [3.05, 3.63) is 188 Å². The predicted octanol–water partition coefficient (Wildman–Crippen LogP) is 13.2. The van der Waals surface area contributed by atoms with Crippen molar-refractivity contribution in [2.45, 2.75) is 0 Å². The van der Waals surface area contributed by atoms with Crippen molar-refractivity contribution in [1.29, 1.82) is 0 Å². The minimum absolute atomic E-state index is 0.899. The summed E-state index contributed by atoms with van der Waals surface area (Å²) in [4.78, 5) is 2.28. The second-order valence-corrected chi connectivity index (χ2v) is 12.2. The van der Waals surface area contributed by atoms with Gasteiger partial charge in [0.25, 0.3) is 0 Å². The summed E-state index contributed by atoms with van der Waals surface area (Å²) >= 11 is 0. The number of anilines is 3. The molecule has 0 spiro atoms. The molecule has 0 saturated heterocycles. The lowest BCUT2D eigenvalue weighted by molar-refractivity contribution is 0.670. The highest BCUT2D eigenvalue weighted by atomic mass is 16.3. The molecule has 9 aromatic rings. The quantitative estimate of drug-likeness (QED) is 0.185. The summed E-state index contributed by atoms with van der Waals surface area (Å²) in [7, 11) is 0. The summed E-state index contributed by atoms with van der Waals surface area (Å²) in [6, 6.07) is 66.7. The van der Waals surface area contributed by atoms with Crippen LogP contribution in [0.1, 0.15) is 0 Å². The standard InChI is InChI=1S/C46H31NO/c1-4-12-35(13-5-1)45-41-19-11-10-14-37(41)30-43-42-29-26-36(31-44(42)48-46(43)45)34-22-20-32(21-23-34)33-24-27-40(28-25-33)47(38-15-6-2-7-16-38)39-17-8-3-9-18-39/h1-31H. The maximum absolute atomic E-state index is 6.69. The average Bonchev–Trinajstić information content (AvgIpc) is 3.53. The molecule has 2 heteroatoms. The monoisotopic (exact) mass is 613 g/mol. The number of hydrogen-bond acceptors (Lipinski definition) is 2. The van der Waals surface area contributed by atoms with E-state index in [4.69, 9.17) is 4.42 Å². The molecule has 0 aliphatic heterocycles. The fraction of sp³-hybridized carbons (Fsp3) is 0. The number of hydrogen-bond donors (Lipinski definition) is 0. The van der Waals surface area contributed by atoms with Crippen molar-refractivity contribution in [3.8, 4) is 33.4 Å². The first kappa shape index (κ1) is 27.9. The zero-order valence-corrected chi connectivity index (χ0v) is 26.3. The first-order chi connectivity index (χ1) is 23.8. The molecule has 0 fully saturated rings. The van der Waals surface area contributed by atoms with E-state index in [-0.39, 0.29) is 0 Å². The zero-order chi connectivity index (χ0) is 31.9. The van der Waals surface area contributed by atoms with E-state index >= 15 is 0 Å². The van der Waals surface area contributed by atoms with Gasteiger partial charge in [0.1, 0.15) is 11.2 Å². The first-order valence-electron chi connectivity index (χ1n) is 16.3. The molecule has 0 N–H and O–H groups in total. The van der Waals surface area contributed by atoms with Crippen molar-refractivity contribution in [3.63, 3.8) is 0 Å². The summed E-state index contributed by atoms with van der Waals surface area (Å²) in [6.45, 7) is 0. The average molecular weight is 614 g/mol. The van der Waals surface area contributed by atoms with Crippen molar-refractivity contribution in [1.82, 2.24) is 0 Å². The molecule has 1 aromatic heterocycles. The molecule has 0 aliphatic rings. The summed E-state index contributed by atoms with van der Waals surface area (Å²) in [5, 5.41) is 4.69. The Bertz CT molecular complexity index is 2480. The van der Waals surface area contributed by atoms with Crippen LogP contribution in [0, 0.1) is 0 Å². The number of fused-ring (bicyclic) bond motifs is 4. The molecule has 0 unspecified atom stereocenters. The van der Waals surface area contributed by atoms with E-state index in [0.717, 1.165) is 61.3 Å². The lowest BCUT2D eigenvalue weighted by atomic mass is 9.95. The van der Waals surface area contributed by atoms with Crippen LogP contribution in [0.15, 0.2) is 192 Å². The topological polar surface area (TPSA) is 16.4 Å². The van der Waals surface area contributed by atoms with Crippen LogP contribution in [0.25, 0.3) is 66.1 Å². The molecular formula is C46H31NO. The number of benzene rings is 8. The third-order valence-corrected chi connectivity index (χ3v) is 9.25. The van der Waals surface area contributed by atoms with Crippen LogP contribution < -0.4 is 4.90 Å². The van der Waals surface area contributed by atoms with E-state index in [1.807, 2.05) is 0 Å². The third kappa shape index (κ3) is 4.92. The zero-order valence-electron chi connectivity index (χ0n) is 26.3. The fourth-order valence-electron chi connectivity index (χ4n) is 6.90. The molecular weight excluding hydrogens is 583 g/mol. The van der Waals surface area contributed by atoms with Gasteiger partial charge in [-0.2, -0.15) is 0 Å². The summed E-state index contributed by atoms with van der Waals surface area (Å²) in [6.07, 6.45) is 0. The van der Waals surface area contributed by atoms with Gasteiger partial charge in [-0.15, -0.1) is 0 Å². The van der Waals surface area contributed by atoms with Crippen LogP contribution in [0.2, 0.25) is 0 Å². The largest absolute Gasteiger partial charge is 0.455 e. The molecule has 0 aliphatic carbocycles. The van der Waals surface area contributed by atoms with Crippen LogP contribution in [0.5, 0.6) is 0 Å². The van der Waals surface area contributed by atoms with Crippen molar-refractivity contribution >= 4 is 49.8 Å². The Balaban J connectivity index is 1.05. The van der Waals surface area contributed by atoms with Gasteiger partial charge in [0, 0.05) is 33.4 Å². The highest BCUT2D eigenvalue weighted by Crippen LogP contribution is 2.42. The van der Waals surface area contributed by atoms with Gasteiger partial charge in [0.2, 0.25) is 0 Å². The Morgan fingerprint density at radius 2 is 0.833 bits per heavy atom. The van der Waals surface area contributed by atoms with Crippen LogP contribution in [0.3, 0.4) is 0 Å². The van der Waals surface area contributed by atoms with Crippen molar-refractivity contribution in [2.75, 3.05) is 4.90 Å². The molecule has 226 valence electrons. The van der Waals surface area contributed by atoms with Crippen LogP contribution >= 0.6 is 0 Å². The van der Waals surface area contributed by atoms with Gasteiger partial charge in [0.15, 0.2) is 0 Å².